The first-order chi connectivity index (χ1) is 11.3. The smallest absolute Gasteiger partial charge is 0.118 e. The summed E-state index contributed by atoms with van der Waals surface area (Å²) in [7, 11) is 1.68. The lowest BCUT2D eigenvalue weighted by Crippen LogP contribution is -1.98. The van der Waals surface area contributed by atoms with Crippen LogP contribution >= 0.6 is 0 Å². The number of methoxy groups -OCH3 is 1. The highest BCUT2D eigenvalue weighted by atomic mass is 16.6. The molecule has 1 aromatic carbocycles. The van der Waals surface area contributed by atoms with Gasteiger partial charge in [0.25, 0.3) is 0 Å². The van der Waals surface area contributed by atoms with Gasteiger partial charge < -0.3 is 19.3 Å². The molecule has 0 radical (unpaired) electrons. The summed E-state index contributed by atoms with van der Waals surface area (Å²) < 4.78 is 16.2. The van der Waals surface area contributed by atoms with Crippen molar-refractivity contribution < 1.29 is 19.3 Å². The molecule has 4 heteroatoms. The van der Waals surface area contributed by atoms with E-state index in [0.29, 0.717) is 12.7 Å². The fourth-order valence-corrected chi connectivity index (χ4v) is 2.76. The van der Waals surface area contributed by atoms with Crippen LogP contribution in [0.3, 0.4) is 0 Å². The minimum absolute atomic E-state index is 0.137. The van der Waals surface area contributed by atoms with E-state index in [2.05, 4.69) is 0 Å². The normalized spacial score (nSPS) is 19.7. The summed E-state index contributed by atoms with van der Waals surface area (Å²) in [4.78, 5) is 0. The van der Waals surface area contributed by atoms with Crippen LogP contribution in [0, 0.1) is 0 Å². The molecule has 1 saturated heterocycles. The van der Waals surface area contributed by atoms with Gasteiger partial charge in [-0.3, -0.25) is 0 Å². The molecule has 1 fully saturated rings. The van der Waals surface area contributed by atoms with Crippen LogP contribution in [0.25, 0.3) is 0 Å². The average Bonchev–Trinajstić information content (AvgIpc) is 3.35. The Bertz CT molecular complexity index is 418. The van der Waals surface area contributed by atoms with Crippen LogP contribution in [-0.2, 0) is 16.1 Å². The summed E-state index contributed by atoms with van der Waals surface area (Å²) in [6, 6.07) is 8.02. The van der Waals surface area contributed by atoms with E-state index in [1.807, 2.05) is 24.3 Å². The summed E-state index contributed by atoms with van der Waals surface area (Å²) in [5.74, 6) is 0.883. The predicted octanol–water partition coefficient (Wildman–Crippen LogP) is 3.70. The molecule has 1 N–H and O–H groups in total. The summed E-state index contributed by atoms with van der Waals surface area (Å²) in [6.45, 7) is 1.69. The van der Waals surface area contributed by atoms with Crippen LogP contribution in [-0.4, -0.2) is 37.6 Å². The molecule has 1 aromatic rings. The number of benzene rings is 1. The van der Waals surface area contributed by atoms with Gasteiger partial charge in [0.1, 0.15) is 11.9 Å². The molecule has 1 aliphatic heterocycles. The molecule has 2 rings (SSSR count). The van der Waals surface area contributed by atoms with E-state index in [1.54, 1.807) is 7.11 Å². The van der Waals surface area contributed by atoms with Crippen molar-refractivity contribution in [2.75, 3.05) is 20.3 Å². The van der Waals surface area contributed by atoms with E-state index in [-0.39, 0.29) is 12.7 Å². The average molecular weight is 322 g/mol. The van der Waals surface area contributed by atoms with Gasteiger partial charge in [-0.1, -0.05) is 44.2 Å². The van der Waals surface area contributed by atoms with Crippen LogP contribution in [0.15, 0.2) is 24.3 Å². The van der Waals surface area contributed by atoms with Gasteiger partial charge in [0, 0.05) is 6.61 Å². The third-order valence-electron chi connectivity index (χ3n) is 4.32. The summed E-state index contributed by atoms with van der Waals surface area (Å²) in [5.41, 5.74) is 1.19. The van der Waals surface area contributed by atoms with Crippen LogP contribution in [0.5, 0.6) is 5.75 Å². The zero-order valence-corrected chi connectivity index (χ0v) is 14.2. The van der Waals surface area contributed by atoms with E-state index >= 15 is 0 Å². The van der Waals surface area contributed by atoms with E-state index in [4.69, 9.17) is 19.3 Å². The molecular formula is C19H30O4. The van der Waals surface area contributed by atoms with E-state index < -0.39 is 0 Å². The molecule has 130 valence electrons. The number of aliphatic hydroxyl groups is 1. The molecular weight excluding hydrogens is 292 g/mol. The molecule has 2 atom stereocenters. The second kappa shape index (κ2) is 10.6. The van der Waals surface area contributed by atoms with Gasteiger partial charge in [0.05, 0.1) is 26.4 Å². The molecule has 23 heavy (non-hydrogen) atoms. The molecule has 0 spiro atoms. The zero-order valence-electron chi connectivity index (χ0n) is 14.2. The first kappa shape index (κ1) is 18.2. The maximum atomic E-state index is 8.87. The SMILES string of the molecule is COc1ccc(COCCCCCCCC[C@H]2O[C@@H]2CO)cc1. The van der Waals surface area contributed by atoms with Gasteiger partial charge >= 0.3 is 0 Å². The monoisotopic (exact) mass is 322 g/mol. The standard InChI is InChI=1S/C19H30O4/c1-21-17-11-9-16(10-12-17)15-22-13-7-5-3-2-4-6-8-18-19(14-20)23-18/h9-12,18-20H,2-8,13-15H2,1H3/t18-,19-/m1/s1. The molecule has 0 aliphatic carbocycles. The molecule has 0 unspecified atom stereocenters. The molecule has 1 aliphatic rings. The quantitative estimate of drug-likeness (QED) is 0.444. The number of hydrogen-bond acceptors (Lipinski definition) is 4. The Morgan fingerprint density at radius 3 is 2.30 bits per heavy atom. The Labute approximate surface area is 139 Å². The maximum Gasteiger partial charge on any atom is 0.118 e. The summed E-state index contributed by atoms with van der Waals surface area (Å²) in [6.07, 6.45) is 9.01. The third-order valence-corrected chi connectivity index (χ3v) is 4.32. The van der Waals surface area contributed by atoms with Gasteiger partial charge in [-0.15, -0.1) is 0 Å². The van der Waals surface area contributed by atoms with Gasteiger partial charge in [0.2, 0.25) is 0 Å². The van der Waals surface area contributed by atoms with Crippen molar-refractivity contribution in [3.8, 4) is 5.75 Å². The number of ether oxygens (including phenoxy) is 3. The van der Waals surface area contributed by atoms with Crippen LogP contribution < -0.4 is 4.74 Å². The fraction of sp³-hybridized carbons (Fsp3) is 0.684. The molecule has 0 aromatic heterocycles. The highest BCUT2D eigenvalue weighted by Gasteiger charge is 2.36. The minimum atomic E-state index is 0.137. The van der Waals surface area contributed by atoms with Crippen LogP contribution in [0.1, 0.15) is 50.5 Å². The number of rotatable bonds is 13. The molecule has 0 bridgehead atoms. The number of unbranched alkanes of at least 4 members (excludes halogenated alkanes) is 5. The Morgan fingerprint density at radius 2 is 1.65 bits per heavy atom. The number of aliphatic hydroxyl groups excluding tert-OH is 1. The predicted molar refractivity (Wildman–Crippen MR) is 90.7 cm³/mol. The topological polar surface area (TPSA) is 51.2 Å². The lowest BCUT2D eigenvalue weighted by atomic mass is 10.1. The Morgan fingerprint density at radius 1 is 0.957 bits per heavy atom. The third kappa shape index (κ3) is 7.34. The molecule has 1 heterocycles. The highest BCUT2D eigenvalue weighted by Crippen LogP contribution is 2.26. The van der Waals surface area contributed by atoms with Crippen LogP contribution in [0.2, 0.25) is 0 Å². The summed E-state index contributed by atoms with van der Waals surface area (Å²) in [5, 5.41) is 8.87. The van der Waals surface area contributed by atoms with E-state index in [0.717, 1.165) is 25.2 Å². The van der Waals surface area contributed by atoms with Crippen molar-refractivity contribution in [1.29, 1.82) is 0 Å². The zero-order chi connectivity index (χ0) is 16.3. The van der Waals surface area contributed by atoms with Gasteiger partial charge in [0.15, 0.2) is 0 Å². The van der Waals surface area contributed by atoms with E-state index in [9.17, 15) is 0 Å². The van der Waals surface area contributed by atoms with Crippen molar-refractivity contribution in [3.63, 3.8) is 0 Å². The van der Waals surface area contributed by atoms with Crippen molar-refractivity contribution in [3.05, 3.63) is 29.8 Å². The van der Waals surface area contributed by atoms with Crippen molar-refractivity contribution in [1.82, 2.24) is 0 Å². The van der Waals surface area contributed by atoms with Gasteiger partial charge in [-0.25, -0.2) is 0 Å². The first-order valence-electron chi connectivity index (χ1n) is 8.80. The second-order valence-corrected chi connectivity index (χ2v) is 6.21. The van der Waals surface area contributed by atoms with Gasteiger partial charge in [-0.2, -0.15) is 0 Å². The molecule has 0 saturated carbocycles. The van der Waals surface area contributed by atoms with Gasteiger partial charge in [-0.05, 0) is 30.5 Å². The number of hydrogen-bond donors (Lipinski definition) is 1. The van der Waals surface area contributed by atoms with Crippen molar-refractivity contribution in [2.24, 2.45) is 0 Å². The van der Waals surface area contributed by atoms with Crippen molar-refractivity contribution >= 4 is 0 Å². The Kier molecular flexibility index (Phi) is 8.43. The minimum Gasteiger partial charge on any atom is -0.497 e. The Balaban J connectivity index is 1.35. The fourth-order valence-electron chi connectivity index (χ4n) is 2.76. The van der Waals surface area contributed by atoms with Crippen LogP contribution in [0.4, 0.5) is 0 Å². The Hall–Kier alpha value is -1.10. The lowest BCUT2D eigenvalue weighted by Gasteiger charge is -2.06. The lowest BCUT2D eigenvalue weighted by molar-refractivity contribution is 0.116. The second-order valence-electron chi connectivity index (χ2n) is 6.21. The number of epoxide rings is 1. The summed E-state index contributed by atoms with van der Waals surface area (Å²) >= 11 is 0. The maximum absolute atomic E-state index is 8.87. The highest BCUT2D eigenvalue weighted by molar-refractivity contribution is 5.26. The first-order valence-corrected chi connectivity index (χ1v) is 8.80. The molecule has 0 amide bonds. The van der Waals surface area contributed by atoms with E-state index in [1.165, 1.54) is 37.7 Å². The largest absolute Gasteiger partial charge is 0.497 e. The van der Waals surface area contributed by atoms with Crippen molar-refractivity contribution in [2.45, 2.75) is 63.8 Å². The molecule has 4 nitrogen and oxygen atoms in total.